The number of carbonyl (C=O) groups excluding carboxylic acids is 1. The number of piperazine rings is 1. The highest BCUT2D eigenvalue weighted by molar-refractivity contribution is 5.92. The summed E-state index contributed by atoms with van der Waals surface area (Å²) in [6.07, 6.45) is -1.93. The number of ether oxygens (including phenoxy) is 1. The highest BCUT2D eigenvalue weighted by Gasteiger charge is 2.25. The minimum atomic E-state index is -1.93. The van der Waals surface area contributed by atoms with Crippen molar-refractivity contribution < 1.29 is 21.1 Å². The lowest BCUT2D eigenvalue weighted by molar-refractivity contribution is 0.0957. The Kier molecular flexibility index (Phi) is 4.85. The summed E-state index contributed by atoms with van der Waals surface area (Å²) >= 11 is 0. The van der Waals surface area contributed by atoms with Gasteiger partial charge in [-0.2, -0.15) is 4.39 Å². The lowest BCUT2D eigenvalue weighted by atomic mass is 10.1. The molecule has 1 saturated heterocycles. The minimum Gasteiger partial charge on any atom is -0.492 e. The zero-order chi connectivity index (χ0) is 24.9. The minimum absolute atomic E-state index is 0.00407. The Bertz CT molecular complexity index is 1390. The molecular weight excluding hydrogens is 432 g/mol. The molecule has 10 heteroatoms. The fourth-order valence-corrected chi connectivity index (χ4v) is 4.26. The van der Waals surface area contributed by atoms with E-state index in [4.69, 9.17) is 7.48 Å². The number of aromatic amines is 1. The standard InChI is InChI=1S/C23H23F2N5O3/c1-26-23(32)16-4-5-17(21(25)27-16)30-9-7-29(8-10-30)12-13-2-3-14-19(18(13)24)28-22(31)15-6-11-33-20(14)15/h2-5H,6-12H2,1H3,(H,26,32)(H,28,31)/i6D2. The maximum atomic E-state index is 15.3. The van der Waals surface area contributed by atoms with Gasteiger partial charge in [0.25, 0.3) is 11.5 Å². The van der Waals surface area contributed by atoms with Crippen molar-refractivity contribution in [2.45, 2.75) is 12.9 Å². The predicted molar refractivity (Wildman–Crippen MR) is 119 cm³/mol. The molecule has 2 N–H and O–H groups in total. The first-order valence-corrected chi connectivity index (χ1v) is 10.6. The first-order chi connectivity index (χ1) is 16.7. The van der Waals surface area contributed by atoms with E-state index in [2.05, 4.69) is 15.3 Å². The summed E-state index contributed by atoms with van der Waals surface area (Å²) in [7, 11) is 1.45. The van der Waals surface area contributed by atoms with Gasteiger partial charge in [-0.25, -0.2) is 9.37 Å². The number of carbonyl (C=O) groups is 1. The van der Waals surface area contributed by atoms with E-state index in [1.165, 1.54) is 19.2 Å². The predicted octanol–water partition coefficient (Wildman–Crippen LogP) is 1.82. The van der Waals surface area contributed by atoms with Crippen LogP contribution in [0.4, 0.5) is 14.5 Å². The van der Waals surface area contributed by atoms with Crippen LogP contribution in [-0.2, 0) is 12.9 Å². The number of anilines is 1. The number of fused-ring (bicyclic) bond motifs is 3. The monoisotopic (exact) mass is 457 g/mol. The summed E-state index contributed by atoms with van der Waals surface area (Å²) in [4.78, 5) is 34.2. The van der Waals surface area contributed by atoms with Crippen LogP contribution in [0.2, 0.25) is 0 Å². The second-order valence-electron chi connectivity index (χ2n) is 7.93. The van der Waals surface area contributed by atoms with Crippen molar-refractivity contribution in [3.05, 3.63) is 63.2 Å². The lowest BCUT2D eigenvalue weighted by Gasteiger charge is -2.36. The van der Waals surface area contributed by atoms with E-state index in [-0.39, 0.29) is 35.7 Å². The number of hydrogen-bond donors (Lipinski definition) is 2. The van der Waals surface area contributed by atoms with Crippen LogP contribution in [0.25, 0.3) is 10.9 Å². The molecule has 0 atom stereocenters. The Morgan fingerprint density at radius 3 is 2.76 bits per heavy atom. The summed E-state index contributed by atoms with van der Waals surface area (Å²) in [5, 5.41) is 2.74. The molecule has 0 saturated carbocycles. The summed E-state index contributed by atoms with van der Waals surface area (Å²) in [6.45, 7) is 2.05. The zero-order valence-electron chi connectivity index (χ0n) is 19.9. The van der Waals surface area contributed by atoms with Crippen LogP contribution in [0.1, 0.15) is 24.4 Å². The molecule has 3 aromatic rings. The SMILES string of the molecule is [2H]C1([2H])COc2c1c(=O)[nH]c1c(F)c(CN3CCN(c4ccc(C(=O)NC)nc4F)CC3)ccc21. The van der Waals surface area contributed by atoms with Crippen LogP contribution in [-0.4, -0.2) is 60.6 Å². The lowest BCUT2D eigenvalue weighted by Crippen LogP contribution is -2.46. The third-order valence-electron chi connectivity index (χ3n) is 6.02. The molecule has 4 heterocycles. The van der Waals surface area contributed by atoms with Crippen molar-refractivity contribution >= 4 is 22.5 Å². The Morgan fingerprint density at radius 2 is 2.03 bits per heavy atom. The summed E-state index contributed by atoms with van der Waals surface area (Å²) in [6, 6.07) is 6.25. The molecular formula is C23H23F2N5O3. The molecule has 2 aromatic heterocycles. The number of nitrogens with one attached hydrogen (secondary N) is 2. The quantitative estimate of drug-likeness (QED) is 0.581. The number of amides is 1. The third kappa shape index (κ3) is 3.80. The highest BCUT2D eigenvalue weighted by Crippen LogP contribution is 2.33. The fourth-order valence-electron chi connectivity index (χ4n) is 4.26. The van der Waals surface area contributed by atoms with Gasteiger partial charge in [0.05, 0.1) is 23.4 Å². The Morgan fingerprint density at radius 1 is 1.24 bits per heavy atom. The molecule has 5 rings (SSSR count). The summed E-state index contributed by atoms with van der Waals surface area (Å²) < 4.78 is 51.1. The number of halogens is 2. The molecule has 33 heavy (non-hydrogen) atoms. The topological polar surface area (TPSA) is 90.6 Å². The number of rotatable bonds is 4. The average molecular weight is 457 g/mol. The second-order valence-corrected chi connectivity index (χ2v) is 7.93. The van der Waals surface area contributed by atoms with Crippen LogP contribution in [0.5, 0.6) is 5.75 Å². The van der Waals surface area contributed by atoms with E-state index in [1.807, 2.05) is 9.80 Å². The first kappa shape index (κ1) is 19.0. The number of hydrogen-bond acceptors (Lipinski definition) is 6. The van der Waals surface area contributed by atoms with E-state index in [9.17, 15) is 14.0 Å². The maximum absolute atomic E-state index is 15.3. The zero-order valence-corrected chi connectivity index (χ0v) is 17.9. The van der Waals surface area contributed by atoms with Gasteiger partial charge >= 0.3 is 0 Å². The van der Waals surface area contributed by atoms with Crippen molar-refractivity contribution in [1.29, 1.82) is 0 Å². The fraction of sp³-hybridized carbons (Fsp3) is 0.348. The van der Waals surface area contributed by atoms with E-state index >= 15 is 4.39 Å². The van der Waals surface area contributed by atoms with Gasteiger partial charge < -0.3 is 19.9 Å². The number of pyridine rings is 2. The van der Waals surface area contributed by atoms with Crippen LogP contribution < -0.4 is 20.5 Å². The van der Waals surface area contributed by atoms with Crippen LogP contribution in [0, 0.1) is 11.8 Å². The highest BCUT2D eigenvalue weighted by atomic mass is 19.1. The van der Waals surface area contributed by atoms with Gasteiger partial charge in [0.2, 0.25) is 5.95 Å². The molecule has 172 valence electrons. The normalized spacial score (nSPS) is 18.5. The Labute approximate surface area is 191 Å². The van der Waals surface area contributed by atoms with Gasteiger partial charge in [-0.15, -0.1) is 0 Å². The second kappa shape index (κ2) is 8.43. The molecule has 0 aliphatic carbocycles. The number of benzene rings is 1. The molecule has 2 aliphatic rings. The molecule has 1 fully saturated rings. The molecule has 0 bridgehead atoms. The number of aromatic nitrogens is 2. The number of H-pyrrole nitrogens is 1. The molecule has 2 aliphatic heterocycles. The van der Waals surface area contributed by atoms with Gasteiger partial charge in [0, 0.05) is 59.8 Å². The van der Waals surface area contributed by atoms with Gasteiger partial charge in [0.1, 0.15) is 11.4 Å². The van der Waals surface area contributed by atoms with E-state index < -0.39 is 29.6 Å². The molecule has 8 nitrogen and oxygen atoms in total. The van der Waals surface area contributed by atoms with Crippen LogP contribution >= 0.6 is 0 Å². The van der Waals surface area contributed by atoms with E-state index in [0.717, 1.165) is 0 Å². The van der Waals surface area contributed by atoms with Crippen molar-refractivity contribution in [3.8, 4) is 5.75 Å². The van der Waals surface area contributed by atoms with Gasteiger partial charge in [-0.05, 0) is 18.2 Å². The smallest absolute Gasteiger partial charge is 0.269 e. The van der Waals surface area contributed by atoms with Crippen molar-refractivity contribution in [2.24, 2.45) is 0 Å². The van der Waals surface area contributed by atoms with Crippen LogP contribution in [0.3, 0.4) is 0 Å². The first-order valence-electron chi connectivity index (χ1n) is 11.6. The summed E-state index contributed by atoms with van der Waals surface area (Å²) in [5.74, 6) is -1.68. The van der Waals surface area contributed by atoms with Gasteiger partial charge in [0.15, 0.2) is 5.82 Å². The molecule has 0 spiro atoms. The number of nitrogens with zero attached hydrogens (tertiary/aromatic N) is 3. The van der Waals surface area contributed by atoms with Crippen molar-refractivity contribution in [2.75, 3.05) is 44.7 Å². The van der Waals surface area contributed by atoms with Crippen molar-refractivity contribution in [1.82, 2.24) is 20.2 Å². The van der Waals surface area contributed by atoms with Crippen molar-refractivity contribution in [3.63, 3.8) is 0 Å². The maximum Gasteiger partial charge on any atom is 0.269 e. The molecule has 0 unspecified atom stereocenters. The molecule has 1 amide bonds. The van der Waals surface area contributed by atoms with Gasteiger partial charge in [-0.3, -0.25) is 14.5 Å². The van der Waals surface area contributed by atoms with Gasteiger partial charge in [-0.1, -0.05) is 6.07 Å². The average Bonchev–Trinajstić information content (AvgIpc) is 3.17. The Balaban J connectivity index is 1.32. The van der Waals surface area contributed by atoms with E-state index in [0.29, 0.717) is 42.8 Å². The largest absolute Gasteiger partial charge is 0.492 e. The molecule has 1 aromatic carbocycles. The molecule has 0 radical (unpaired) electrons. The third-order valence-corrected chi connectivity index (χ3v) is 6.02. The van der Waals surface area contributed by atoms with Crippen LogP contribution in [0.15, 0.2) is 29.1 Å². The summed E-state index contributed by atoms with van der Waals surface area (Å²) in [5.41, 5.74) is -0.127. The Hall–Kier alpha value is -3.53. The van der Waals surface area contributed by atoms with E-state index in [1.54, 1.807) is 12.1 Å².